The van der Waals surface area contributed by atoms with E-state index >= 15 is 0 Å². The van der Waals surface area contributed by atoms with Gasteiger partial charge in [0, 0.05) is 24.1 Å². The van der Waals surface area contributed by atoms with Crippen molar-refractivity contribution < 1.29 is 9.90 Å². The van der Waals surface area contributed by atoms with Crippen LogP contribution in [-0.4, -0.2) is 48.2 Å². The van der Waals surface area contributed by atoms with Gasteiger partial charge in [0.2, 0.25) is 5.91 Å². The van der Waals surface area contributed by atoms with Crippen LogP contribution in [-0.2, 0) is 4.79 Å². The van der Waals surface area contributed by atoms with Crippen LogP contribution in [0.25, 0.3) is 0 Å². The molecular formula is C13H17BrN2O2. The first-order valence-electron chi connectivity index (χ1n) is 5.95. The number of carbonyl (C=O) groups is 1. The Morgan fingerprint density at radius 1 is 1.44 bits per heavy atom. The Morgan fingerprint density at radius 3 is 2.72 bits per heavy atom. The summed E-state index contributed by atoms with van der Waals surface area (Å²) in [6.45, 7) is 2.55. The van der Waals surface area contributed by atoms with Crippen molar-refractivity contribution in [3.63, 3.8) is 0 Å². The largest absolute Gasteiger partial charge is 0.394 e. The van der Waals surface area contributed by atoms with Crippen LogP contribution in [0.15, 0.2) is 28.7 Å². The number of halogens is 1. The zero-order valence-electron chi connectivity index (χ0n) is 10.5. The molecule has 4 nitrogen and oxygen atoms in total. The van der Waals surface area contributed by atoms with Crippen molar-refractivity contribution in [2.75, 3.05) is 25.1 Å². The molecule has 2 rings (SSSR count). The van der Waals surface area contributed by atoms with Crippen LogP contribution in [0.5, 0.6) is 0 Å². The summed E-state index contributed by atoms with van der Waals surface area (Å²) in [4.78, 5) is 15.8. The maximum atomic E-state index is 12.1. The van der Waals surface area contributed by atoms with E-state index in [0.717, 1.165) is 10.2 Å². The highest BCUT2D eigenvalue weighted by atomic mass is 79.9. The number of piperazine rings is 1. The van der Waals surface area contributed by atoms with Gasteiger partial charge in [-0.05, 0) is 35.0 Å². The summed E-state index contributed by atoms with van der Waals surface area (Å²) in [7, 11) is 1.78. The highest BCUT2D eigenvalue weighted by Gasteiger charge is 2.37. The van der Waals surface area contributed by atoms with Gasteiger partial charge in [-0.2, -0.15) is 0 Å². The molecule has 0 bridgehead atoms. The number of para-hydroxylation sites is 1. The number of aliphatic hydroxyl groups excluding tert-OH is 1. The third-order valence-corrected chi connectivity index (χ3v) is 3.98. The van der Waals surface area contributed by atoms with Gasteiger partial charge in [0.05, 0.1) is 12.3 Å². The van der Waals surface area contributed by atoms with E-state index in [0.29, 0.717) is 6.54 Å². The van der Waals surface area contributed by atoms with Crippen LogP contribution in [0.3, 0.4) is 0 Å². The number of benzene rings is 1. The number of carbonyl (C=O) groups excluding carboxylic acids is 1. The molecule has 0 radical (unpaired) electrons. The Labute approximate surface area is 115 Å². The molecule has 18 heavy (non-hydrogen) atoms. The lowest BCUT2D eigenvalue weighted by Crippen LogP contribution is -2.61. The number of aliphatic hydroxyl groups is 1. The first-order chi connectivity index (χ1) is 8.56. The molecule has 1 aliphatic heterocycles. The fourth-order valence-corrected chi connectivity index (χ4v) is 2.98. The van der Waals surface area contributed by atoms with Gasteiger partial charge in [-0.3, -0.25) is 4.79 Å². The molecule has 1 aromatic carbocycles. The molecular weight excluding hydrogens is 296 g/mol. The Balaban J connectivity index is 2.41. The SMILES string of the molecule is CC1CN(C)C(=O)C(CO)N1c1ccccc1Br. The Bertz CT molecular complexity index is 452. The van der Waals surface area contributed by atoms with E-state index in [1.807, 2.05) is 29.2 Å². The first-order valence-corrected chi connectivity index (χ1v) is 6.74. The van der Waals surface area contributed by atoms with Crippen molar-refractivity contribution in [1.29, 1.82) is 0 Å². The second-order valence-electron chi connectivity index (χ2n) is 4.62. The molecule has 0 saturated carbocycles. The van der Waals surface area contributed by atoms with Gasteiger partial charge in [0.25, 0.3) is 0 Å². The lowest BCUT2D eigenvalue weighted by molar-refractivity contribution is -0.134. The molecule has 1 fully saturated rings. The fraction of sp³-hybridized carbons (Fsp3) is 0.462. The van der Waals surface area contributed by atoms with E-state index in [-0.39, 0.29) is 18.6 Å². The van der Waals surface area contributed by atoms with Crippen molar-refractivity contribution >= 4 is 27.5 Å². The monoisotopic (exact) mass is 312 g/mol. The molecule has 0 aromatic heterocycles. The predicted octanol–water partition coefficient (Wildman–Crippen LogP) is 1.48. The van der Waals surface area contributed by atoms with Crippen LogP contribution in [0.4, 0.5) is 5.69 Å². The van der Waals surface area contributed by atoms with E-state index in [2.05, 4.69) is 22.9 Å². The third-order valence-electron chi connectivity index (χ3n) is 3.31. The molecule has 1 heterocycles. The number of anilines is 1. The molecule has 1 aromatic rings. The molecule has 98 valence electrons. The number of nitrogens with zero attached hydrogens (tertiary/aromatic N) is 2. The average Bonchev–Trinajstić information content (AvgIpc) is 2.34. The highest BCUT2D eigenvalue weighted by molar-refractivity contribution is 9.10. The maximum Gasteiger partial charge on any atom is 0.247 e. The minimum absolute atomic E-state index is 0.0358. The Kier molecular flexibility index (Phi) is 3.92. The maximum absolute atomic E-state index is 12.1. The second-order valence-corrected chi connectivity index (χ2v) is 5.48. The van der Waals surface area contributed by atoms with Crippen LogP contribution in [0.2, 0.25) is 0 Å². The molecule has 0 aliphatic carbocycles. The minimum Gasteiger partial charge on any atom is -0.394 e. The van der Waals surface area contributed by atoms with Gasteiger partial charge in [-0.15, -0.1) is 0 Å². The summed E-state index contributed by atoms with van der Waals surface area (Å²) in [5.74, 6) is -0.0358. The van der Waals surface area contributed by atoms with Gasteiger partial charge in [-0.1, -0.05) is 12.1 Å². The zero-order valence-corrected chi connectivity index (χ0v) is 12.1. The van der Waals surface area contributed by atoms with Crippen molar-refractivity contribution in [3.05, 3.63) is 28.7 Å². The van der Waals surface area contributed by atoms with E-state index in [1.54, 1.807) is 11.9 Å². The molecule has 1 N–H and O–H groups in total. The van der Waals surface area contributed by atoms with E-state index in [1.165, 1.54) is 0 Å². The quantitative estimate of drug-likeness (QED) is 0.899. The Hall–Kier alpha value is -1.07. The molecule has 2 atom stereocenters. The number of likely N-dealkylation sites (N-methyl/N-ethyl adjacent to an activating group) is 1. The summed E-state index contributed by atoms with van der Waals surface area (Å²) in [6.07, 6.45) is 0. The summed E-state index contributed by atoms with van der Waals surface area (Å²) in [6, 6.07) is 7.44. The third kappa shape index (κ3) is 2.24. The van der Waals surface area contributed by atoms with Crippen LogP contribution in [0.1, 0.15) is 6.92 Å². The summed E-state index contributed by atoms with van der Waals surface area (Å²) in [5, 5.41) is 9.52. The lowest BCUT2D eigenvalue weighted by Gasteiger charge is -2.44. The number of rotatable bonds is 2. The van der Waals surface area contributed by atoms with Gasteiger partial charge < -0.3 is 14.9 Å². The zero-order chi connectivity index (χ0) is 13.3. The smallest absolute Gasteiger partial charge is 0.247 e. The summed E-state index contributed by atoms with van der Waals surface area (Å²) < 4.78 is 0.938. The minimum atomic E-state index is -0.502. The molecule has 0 spiro atoms. The second kappa shape index (κ2) is 5.28. The normalized spacial score (nSPS) is 24.6. The average molecular weight is 313 g/mol. The molecule has 1 amide bonds. The highest BCUT2D eigenvalue weighted by Crippen LogP contribution is 2.31. The van der Waals surface area contributed by atoms with Gasteiger partial charge in [0.15, 0.2) is 0 Å². The van der Waals surface area contributed by atoms with Gasteiger partial charge in [-0.25, -0.2) is 0 Å². The van der Waals surface area contributed by atoms with Crippen molar-refractivity contribution in [2.45, 2.75) is 19.0 Å². The van der Waals surface area contributed by atoms with Gasteiger partial charge in [0.1, 0.15) is 6.04 Å². The van der Waals surface area contributed by atoms with E-state index in [4.69, 9.17) is 0 Å². The standard InChI is InChI=1S/C13H17BrN2O2/c1-9-7-15(2)13(18)12(8-17)16(9)11-6-4-3-5-10(11)14/h3-6,9,12,17H,7-8H2,1-2H3. The van der Waals surface area contributed by atoms with Crippen LogP contribution >= 0.6 is 15.9 Å². The van der Waals surface area contributed by atoms with Crippen molar-refractivity contribution in [2.24, 2.45) is 0 Å². The van der Waals surface area contributed by atoms with Crippen molar-refractivity contribution in [3.8, 4) is 0 Å². The molecule has 1 aliphatic rings. The predicted molar refractivity (Wildman–Crippen MR) is 74.6 cm³/mol. The fourth-order valence-electron chi connectivity index (χ4n) is 2.49. The lowest BCUT2D eigenvalue weighted by atomic mass is 10.1. The Morgan fingerprint density at radius 2 is 2.11 bits per heavy atom. The topological polar surface area (TPSA) is 43.8 Å². The molecule has 5 heteroatoms. The molecule has 2 unspecified atom stereocenters. The van der Waals surface area contributed by atoms with E-state index in [9.17, 15) is 9.90 Å². The molecule has 1 saturated heterocycles. The van der Waals surface area contributed by atoms with Crippen LogP contribution < -0.4 is 4.90 Å². The first kappa shape index (κ1) is 13.4. The number of hydrogen-bond donors (Lipinski definition) is 1. The van der Waals surface area contributed by atoms with E-state index < -0.39 is 6.04 Å². The number of hydrogen-bond acceptors (Lipinski definition) is 3. The summed E-state index contributed by atoms with van der Waals surface area (Å²) in [5.41, 5.74) is 0.950. The van der Waals surface area contributed by atoms with Gasteiger partial charge >= 0.3 is 0 Å². The number of amides is 1. The van der Waals surface area contributed by atoms with Crippen molar-refractivity contribution in [1.82, 2.24) is 4.90 Å². The van der Waals surface area contributed by atoms with Crippen LogP contribution in [0, 0.1) is 0 Å². The summed E-state index contributed by atoms with van der Waals surface area (Å²) >= 11 is 3.50.